The minimum atomic E-state index is -0.490. The van der Waals surface area contributed by atoms with Crippen molar-refractivity contribution in [2.75, 3.05) is 0 Å². The number of primary amides is 1. The van der Waals surface area contributed by atoms with Crippen LogP contribution in [0.1, 0.15) is 10.5 Å². The van der Waals surface area contributed by atoms with Crippen LogP contribution in [0.5, 0.6) is 0 Å². The van der Waals surface area contributed by atoms with Crippen LogP contribution in [0.3, 0.4) is 0 Å². The molecule has 1 amide bonds. The molecule has 0 atom stereocenters. The highest BCUT2D eigenvalue weighted by atomic mass is 32.1. The Labute approximate surface area is 107 Å². The molecule has 2 rings (SSSR count). The molecule has 0 aliphatic heterocycles. The molecule has 2 aromatic rings. The van der Waals surface area contributed by atoms with E-state index in [0.717, 1.165) is 0 Å². The minimum absolute atomic E-state index is 0.0463. The summed E-state index contributed by atoms with van der Waals surface area (Å²) >= 11 is 1.39. The van der Waals surface area contributed by atoms with Gasteiger partial charge in [-0.15, -0.1) is 11.3 Å². The number of aliphatic imine (C=N–C) groups is 1. The molecular weight excluding hydrogens is 252 g/mol. The van der Waals surface area contributed by atoms with Gasteiger partial charge in [0.2, 0.25) is 5.13 Å². The predicted octanol–water partition coefficient (Wildman–Crippen LogP) is 0.229. The summed E-state index contributed by atoms with van der Waals surface area (Å²) in [6.45, 7) is 0. The van der Waals surface area contributed by atoms with Crippen molar-refractivity contribution in [3.05, 3.63) is 41.7 Å². The molecule has 8 heteroatoms. The van der Waals surface area contributed by atoms with Gasteiger partial charge < -0.3 is 17.2 Å². The number of rotatable bonds is 2. The number of carbonyl (C=O) groups is 1. The van der Waals surface area contributed by atoms with Crippen LogP contribution in [-0.4, -0.2) is 21.8 Å². The van der Waals surface area contributed by atoms with Crippen LogP contribution in [0.15, 0.2) is 41.0 Å². The number of amides is 1. The van der Waals surface area contributed by atoms with Gasteiger partial charge in [-0.05, 0) is 12.1 Å². The lowest BCUT2D eigenvalue weighted by Crippen LogP contribution is -2.21. The van der Waals surface area contributed by atoms with Crippen LogP contribution in [0, 0.1) is 0 Å². The third-order valence-corrected chi connectivity index (χ3v) is 2.23. The van der Waals surface area contributed by atoms with Gasteiger partial charge in [0, 0.05) is 17.8 Å². The van der Waals surface area contributed by atoms with E-state index in [0.29, 0.717) is 10.8 Å². The summed E-state index contributed by atoms with van der Waals surface area (Å²) in [6.07, 6.45) is 3.17. The van der Waals surface area contributed by atoms with Gasteiger partial charge in [-0.3, -0.25) is 9.78 Å². The van der Waals surface area contributed by atoms with Crippen molar-refractivity contribution in [1.29, 1.82) is 0 Å². The highest BCUT2D eigenvalue weighted by Gasteiger charge is 1.96. The number of nitrogens with two attached hydrogens (primary N) is 3. The average Bonchev–Trinajstić information content (AvgIpc) is 2.83. The van der Waals surface area contributed by atoms with E-state index in [1.54, 1.807) is 24.4 Å². The molecule has 7 nitrogen and oxygen atoms in total. The summed E-state index contributed by atoms with van der Waals surface area (Å²) in [5.41, 5.74) is 15.4. The minimum Gasteiger partial charge on any atom is -0.370 e. The largest absolute Gasteiger partial charge is 0.370 e. The summed E-state index contributed by atoms with van der Waals surface area (Å²) in [5.74, 6) is -0.444. The molecule has 94 valence electrons. The van der Waals surface area contributed by atoms with Crippen molar-refractivity contribution < 1.29 is 4.79 Å². The van der Waals surface area contributed by atoms with Crippen molar-refractivity contribution in [2.45, 2.75) is 0 Å². The number of aromatic nitrogens is 2. The first-order valence-electron chi connectivity index (χ1n) is 4.79. The maximum Gasteiger partial charge on any atom is 0.267 e. The zero-order chi connectivity index (χ0) is 13.4. The lowest BCUT2D eigenvalue weighted by atomic mass is 10.3. The fraction of sp³-hybridized carbons (Fsp3) is 0. The maximum atomic E-state index is 10.4. The highest BCUT2D eigenvalue weighted by molar-refractivity contribution is 7.13. The first kappa shape index (κ1) is 13.6. The smallest absolute Gasteiger partial charge is 0.267 e. The number of carbonyl (C=O) groups excluding carboxylic acids is 1. The van der Waals surface area contributed by atoms with Crippen molar-refractivity contribution >= 4 is 28.3 Å². The van der Waals surface area contributed by atoms with Gasteiger partial charge in [-0.1, -0.05) is 6.07 Å². The maximum absolute atomic E-state index is 10.4. The average molecular weight is 264 g/mol. The molecule has 2 heterocycles. The van der Waals surface area contributed by atoms with E-state index >= 15 is 0 Å². The standard InChI is InChI=1S/C6H6N2O.C4H6N4S/c7-6(9)5-3-1-2-4-8-5;5-3(6)8-4-7-1-2-9-4/h1-4H,(H2,7,9);1-2H,(H4,5,6,7,8). The monoisotopic (exact) mass is 264 g/mol. The zero-order valence-electron chi connectivity index (χ0n) is 9.35. The van der Waals surface area contributed by atoms with Crippen molar-refractivity contribution in [3.63, 3.8) is 0 Å². The number of hydrogen-bond acceptors (Lipinski definition) is 5. The summed E-state index contributed by atoms with van der Waals surface area (Å²) in [5, 5.41) is 2.40. The molecular formula is C10H12N6OS. The Morgan fingerprint density at radius 3 is 2.33 bits per heavy atom. The van der Waals surface area contributed by atoms with E-state index in [1.807, 2.05) is 5.38 Å². The summed E-state index contributed by atoms with van der Waals surface area (Å²) < 4.78 is 0. The number of pyridine rings is 1. The van der Waals surface area contributed by atoms with Crippen molar-refractivity contribution in [3.8, 4) is 0 Å². The van der Waals surface area contributed by atoms with Gasteiger partial charge >= 0.3 is 0 Å². The molecule has 0 aliphatic carbocycles. The molecule has 0 unspecified atom stereocenters. The van der Waals surface area contributed by atoms with Crippen LogP contribution >= 0.6 is 11.3 Å². The van der Waals surface area contributed by atoms with E-state index < -0.39 is 5.91 Å². The normalized spacial score (nSPS) is 8.89. The molecule has 0 radical (unpaired) electrons. The lowest BCUT2D eigenvalue weighted by Gasteiger charge is -1.88. The molecule has 0 spiro atoms. The number of guanidine groups is 1. The molecule has 6 N–H and O–H groups in total. The fourth-order valence-corrected chi connectivity index (χ4v) is 1.41. The molecule has 18 heavy (non-hydrogen) atoms. The van der Waals surface area contributed by atoms with Crippen LogP contribution in [0.4, 0.5) is 5.13 Å². The van der Waals surface area contributed by atoms with Crippen LogP contribution in [0.25, 0.3) is 0 Å². The van der Waals surface area contributed by atoms with E-state index in [2.05, 4.69) is 15.0 Å². The van der Waals surface area contributed by atoms with Gasteiger partial charge in [0.15, 0.2) is 5.96 Å². The van der Waals surface area contributed by atoms with E-state index in [1.165, 1.54) is 17.5 Å². The number of nitrogens with zero attached hydrogens (tertiary/aromatic N) is 3. The SMILES string of the molecule is NC(=O)c1ccccn1.NC(N)=Nc1nccs1. The Morgan fingerprint density at radius 1 is 1.17 bits per heavy atom. The lowest BCUT2D eigenvalue weighted by molar-refractivity contribution is 0.0995. The predicted molar refractivity (Wildman–Crippen MR) is 70.3 cm³/mol. The fourth-order valence-electron chi connectivity index (χ4n) is 0.890. The number of hydrogen-bond donors (Lipinski definition) is 3. The zero-order valence-corrected chi connectivity index (χ0v) is 10.2. The second-order valence-electron chi connectivity index (χ2n) is 2.93. The molecule has 2 aromatic heterocycles. The Kier molecular flexibility index (Phi) is 5.26. The molecule has 0 aliphatic rings. The van der Waals surface area contributed by atoms with Crippen molar-refractivity contribution in [1.82, 2.24) is 9.97 Å². The second kappa shape index (κ2) is 6.97. The molecule has 0 bridgehead atoms. The first-order valence-corrected chi connectivity index (χ1v) is 5.67. The molecule has 0 aromatic carbocycles. The van der Waals surface area contributed by atoms with E-state index in [-0.39, 0.29) is 5.96 Å². The molecule has 0 saturated carbocycles. The van der Waals surface area contributed by atoms with Crippen LogP contribution in [-0.2, 0) is 0 Å². The Morgan fingerprint density at radius 2 is 1.94 bits per heavy atom. The topological polar surface area (TPSA) is 133 Å². The van der Waals surface area contributed by atoms with Gasteiger partial charge in [0.05, 0.1) is 0 Å². The second-order valence-corrected chi connectivity index (χ2v) is 3.80. The Bertz CT molecular complexity index is 506. The number of thiazole rings is 1. The van der Waals surface area contributed by atoms with Crippen molar-refractivity contribution in [2.24, 2.45) is 22.2 Å². The highest BCUT2D eigenvalue weighted by Crippen LogP contribution is 2.13. The van der Waals surface area contributed by atoms with Gasteiger partial charge in [0.1, 0.15) is 5.69 Å². The Balaban J connectivity index is 0.000000180. The van der Waals surface area contributed by atoms with Crippen LogP contribution < -0.4 is 17.2 Å². The third-order valence-electron chi connectivity index (χ3n) is 1.56. The summed E-state index contributed by atoms with van der Waals surface area (Å²) in [6, 6.07) is 5.02. The quantitative estimate of drug-likeness (QED) is 0.527. The van der Waals surface area contributed by atoms with E-state index in [9.17, 15) is 4.79 Å². The van der Waals surface area contributed by atoms with Crippen LogP contribution in [0.2, 0.25) is 0 Å². The first-order chi connectivity index (χ1) is 8.59. The molecule has 0 saturated heterocycles. The van der Waals surface area contributed by atoms with Gasteiger partial charge in [-0.2, -0.15) is 4.99 Å². The van der Waals surface area contributed by atoms with E-state index in [4.69, 9.17) is 17.2 Å². The van der Waals surface area contributed by atoms with Gasteiger partial charge in [0.25, 0.3) is 5.91 Å². The summed E-state index contributed by atoms with van der Waals surface area (Å²) in [4.78, 5) is 21.6. The van der Waals surface area contributed by atoms with Gasteiger partial charge in [-0.25, -0.2) is 4.98 Å². The summed E-state index contributed by atoms with van der Waals surface area (Å²) in [7, 11) is 0. The Hall–Kier alpha value is -2.48. The molecule has 0 fully saturated rings. The third kappa shape index (κ3) is 5.03.